The molecular weight excluding hydrogens is 318 g/mol. The van der Waals surface area contributed by atoms with Gasteiger partial charge in [-0.05, 0) is 20.8 Å². The van der Waals surface area contributed by atoms with Gasteiger partial charge in [-0.2, -0.15) is 0 Å². The fraction of sp³-hybridized carbons (Fsp3) is 0.667. The van der Waals surface area contributed by atoms with Crippen LogP contribution in [0.5, 0.6) is 0 Å². The van der Waals surface area contributed by atoms with Crippen LogP contribution in [-0.2, 0) is 24.0 Å². The average molecular weight is 343 g/mol. The smallest absolute Gasteiger partial charge is 0.304 e. The Morgan fingerprint density at radius 3 is 2.00 bits per heavy atom. The Labute approximate surface area is 140 Å². The first-order valence-electron chi connectivity index (χ1n) is 7.64. The van der Waals surface area contributed by atoms with E-state index in [0.717, 1.165) is 0 Å². The summed E-state index contributed by atoms with van der Waals surface area (Å²) < 4.78 is 0. The topological polar surface area (TPSA) is 142 Å². The lowest BCUT2D eigenvalue weighted by atomic mass is 10.1. The monoisotopic (exact) mass is 343 g/mol. The molecule has 0 heterocycles. The predicted octanol–water partition coefficient (Wildman–Crippen LogP) is -0.798. The number of aliphatic carboxylic acids is 1. The summed E-state index contributed by atoms with van der Waals surface area (Å²) in [6.45, 7) is 5.89. The van der Waals surface area contributed by atoms with Gasteiger partial charge in [0.2, 0.25) is 17.7 Å². The van der Waals surface area contributed by atoms with Crippen LogP contribution in [0.2, 0.25) is 0 Å². The van der Waals surface area contributed by atoms with E-state index in [4.69, 9.17) is 5.11 Å². The fourth-order valence-corrected chi connectivity index (χ4v) is 1.65. The maximum atomic E-state index is 11.8. The molecule has 4 N–H and O–H groups in total. The molecule has 0 aromatic rings. The Kier molecular flexibility index (Phi) is 9.29. The van der Waals surface area contributed by atoms with Gasteiger partial charge in [0, 0.05) is 18.9 Å². The van der Waals surface area contributed by atoms with Crippen molar-refractivity contribution in [3.8, 4) is 0 Å². The van der Waals surface area contributed by atoms with Gasteiger partial charge in [0.25, 0.3) is 0 Å². The molecule has 0 aromatic heterocycles. The molecule has 136 valence electrons. The van der Waals surface area contributed by atoms with Gasteiger partial charge in [0.15, 0.2) is 5.78 Å². The number of carbonyl (C=O) groups is 5. The number of Topliss-reactive ketones (excluding diaryl/α,β-unsaturated/α-hetero) is 1. The molecule has 24 heavy (non-hydrogen) atoms. The van der Waals surface area contributed by atoms with E-state index >= 15 is 0 Å². The summed E-state index contributed by atoms with van der Waals surface area (Å²) in [7, 11) is 0. The number of hydrogen-bond donors (Lipinski definition) is 4. The number of ketones is 1. The molecule has 3 amide bonds. The third kappa shape index (κ3) is 8.86. The minimum atomic E-state index is -1.07. The van der Waals surface area contributed by atoms with Crippen LogP contribution >= 0.6 is 0 Å². The highest BCUT2D eigenvalue weighted by Gasteiger charge is 2.19. The number of carbonyl (C=O) groups excluding carboxylic acids is 4. The van der Waals surface area contributed by atoms with Crippen molar-refractivity contribution in [2.45, 2.75) is 52.6 Å². The molecule has 9 nitrogen and oxygen atoms in total. The molecule has 1 unspecified atom stereocenters. The van der Waals surface area contributed by atoms with Crippen molar-refractivity contribution in [1.82, 2.24) is 16.0 Å². The van der Waals surface area contributed by atoms with Crippen LogP contribution < -0.4 is 16.0 Å². The first kappa shape index (κ1) is 21.6. The van der Waals surface area contributed by atoms with E-state index in [9.17, 15) is 24.0 Å². The fourth-order valence-electron chi connectivity index (χ4n) is 1.65. The van der Waals surface area contributed by atoms with Crippen LogP contribution in [0.15, 0.2) is 0 Å². The van der Waals surface area contributed by atoms with Crippen LogP contribution in [-0.4, -0.2) is 53.2 Å². The molecule has 0 saturated carbocycles. The van der Waals surface area contributed by atoms with Crippen LogP contribution in [0.3, 0.4) is 0 Å². The lowest BCUT2D eigenvalue weighted by molar-refractivity contribution is -0.140. The lowest BCUT2D eigenvalue weighted by Gasteiger charge is -2.17. The maximum Gasteiger partial charge on any atom is 0.304 e. The Morgan fingerprint density at radius 2 is 1.50 bits per heavy atom. The van der Waals surface area contributed by atoms with Crippen LogP contribution in [0, 0.1) is 5.92 Å². The van der Waals surface area contributed by atoms with Crippen molar-refractivity contribution in [3.05, 3.63) is 0 Å². The zero-order valence-electron chi connectivity index (χ0n) is 14.3. The molecule has 0 saturated heterocycles. The Morgan fingerprint density at radius 1 is 0.917 bits per heavy atom. The third-order valence-corrected chi connectivity index (χ3v) is 3.32. The number of carboxylic acids is 1. The maximum absolute atomic E-state index is 11.8. The van der Waals surface area contributed by atoms with Crippen LogP contribution in [0.4, 0.5) is 0 Å². The predicted molar refractivity (Wildman–Crippen MR) is 84.9 cm³/mol. The van der Waals surface area contributed by atoms with E-state index in [2.05, 4.69) is 16.0 Å². The molecule has 3 atom stereocenters. The van der Waals surface area contributed by atoms with E-state index in [0.29, 0.717) is 0 Å². The van der Waals surface area contributed by atoms with Crippen molar-refractivity contribution in [2.24, 2.45) is 5.92 Å². The minimum Gasteiger partial charge on any atom is -0.481 e. The molecule has 0 rings (SSSR count). The quantitative estimate of drug-likeness (QED) is 0.409. The standard InChI is InChI=1S/C15H25N3O6/c1-8(7-13(21)22)14(23)16-6-5-12(20)17-10(3)15(24)18-9(2)11(4)19/h8-10H,5-7H2,1-4H3,(H,16,23)(H,17,20)(H,18,24)(H,21,22)/t8?,9-,10-/m0/s1. The van der Waals surface area contributed by atoms with E-state index in [1.54, 1.807) is 6.92 Å². The van der Waals surface area contributed by atoms with Gasteiger partial charge in [-0.1, -0.05) is 6.92 Å². The molecule has 0 spiro atoms. The van der Waals surface area contributed by atoms with E-state index < -0.39 is 41.7 Å². The van der Waals surface area contributed by atoms with Crippen molar-refractivity contribution in [2.75, 3.05) is 6.54 Å². The van der Waals surface area contributed by atoms with Crippen LogP contribution in [0.25, 0.3) is 0 Å². The number of nitrogens with one attached hydrogen (secondary N) is 3. The summed E-state index contributed by atoms with van der Waals surface area (Å²) in [5, 5.41) is 16.0. The summed E-state index contributed by atoms with van der Waals surface area (Å²) in [4.78, 5) is 56.6. The highest BCUT2D eigenvalue weighted by atomic mass is 16.4. The minimum absolute atomic E-state index is 0.0345. The average Bonchev–Trinajstić information content (AvgIpc) is 2.45. The molecule has 0 aliphatic heterocycles. The first-order chi connectivity index (χ1) is 11.0. The SMILES string of the molecule is CC(=O)[C@H](C)NC(=O)[C@H](C)NC(=O)CCNC(=O)C(C)CC(=O)O. The molecule has 0 aliphatic carbocycles. The summed E-state index contributed by atoms with van der Waals surface area (Å²) in [5.74, 6) is -3.34. The van der Waals surface area contributed by atoms with Gasteiger partial charge in [0.1, 0.15) is 6.04 Å². The summed E-state index contributed by atoms with van der Waals surface area (Å²) in [6.07, 6.45) is -0.338. The summed E-state index contributed by atoms with van der Waals surface area (Å²) in [5.41, 5.74) is 0. The third-order valence-electron chi connectivity index (χ3n) is 3.32. The highest BCUT2D eigenvalue weighted by molar-refractivity contribution is 5.91. The van der Waals surface area contributed by atoms with E-state index in [-0.39, 0.29) is 25.2 Å². The van der Waals surface area contributed by atoms with Crippen molar-refractivity contribution in [3.63, 3.8) is 0 Å². The zero-order valence-corrected chi connectivity index (χ0v) is 14.3. The number of rotatable bonds is 10. The zero-order chi connectivity index (χ0) is 18.9. The van der Waals surface area contributed by atoms with Crippen molar-refractivity contribution >= 4 is 29.5 Å². The Hall–Kier alpha value is -2.45. The Bertz CT molecular complexity index is 505. The molecule has 9 heteroatoms. The van der Waals surface area contributed by atoms with Gasteiger partial charge >= 0.3 is 5.97 Å². The first-order valence-corrected chi connectivity index (χ1v) is 7.64. The molecule has 0 aromatic carbocycles. The summed E-state index contributed by atoms with van der Waals surface area (Å²) >= 11 is 0. The Balaban J connectivity index is 4.13. The van der Waals surface area contributed by atoms with Gasteiger partial charge in [-0.25, -0.2) is 0 Å². The largest absolute Gasteiger partial charge is 0.481 e. The van der Waals surface area contributed by atoms with Crippen LogP contribution in [0.1, 0.15) is 40.5 Å². The van der Waals surface area contributed by atoms with Crippen molar-refractivity contribution in [1.29, 1.82) is 0 Å². The molecule has 0 aliphatic rings. The van der Waals surface area contributed by atoms with Gasteiger partial charge in [-0.3, -0.25) is 24.0 Å². The van der Waals surface area contributed by atoms with Gasteiger partial charge < -0.3 is 21.1 Å². The van der Waals surface area contributed by atoms with Crippen molar-refractivity contribution < 1.29 is 29.1 Å². The van der Waals surface area contributed by atoms with E-state index in [1.165, 1.54) is 20.8 Å². The normalized spacial score (nSPS) is 14.0. The molecular formula is C15H25N3O6. The highest BCUT2D eigenvalue weighted by Crippen LogP contribution is 2.01. The second-order valence-electron chi connectivity index (χ2n) is 5.67. The second kappa shape index (κ2) is 10.3. The van der Waals surface area contributed by atoms with E-state index in [1.807, 2.05) is 0 Å². The number of carboxylic acid groups (broad SMARTS) is 1. The number of amides is 3. The molecule has 0 bridgehead atoms. The summed E-state index contributed by atoms with van der Waals surface area (Å²) in [6, 6.07) is -1.45. The lowest BCUT2D eigenvalue weighted by Crippen LogP contribution is -2.49. The number of hydrogen-bond acceptors (Lipinski definition) is 5. The molecule has 0 radical (unpaired) electrons. The van der Waals surface area contributed by atoms with Gasteiger partial charge in [0.05, 0.1) is 12.5 Å². The second-order valence-corrected chi connectivity index (χ2v) is 5.67. The molecule has 0 fully saturated rings. The van der Waals surface area contributed by atoms with Gasteiger partial charge in [-0.15, -0.1) is 0 Å².